The van der Waals surface area contributed by atoms with Crippen molar-refractivity contribution in [2.24, 2.45) is 5.16 Å². The van der Waals surface area contributed by atoms with Crippen LogP contribution in [0.5, 0.6) is 0 Å². The van der Waals surface area contributed by atoms with E-state index >= 15 is 0 Å². The van der Waals surface area contributed by atoms with Gasteiger partial charge in [0.2, 0.25) is 0 Å². The molecule has 18 heavy (non-hydrogen) atoms. The molecule has 1 aromatic carbocycles. The number of rotatable bonds is 8. The minimum absolute atomic E-state index is 0.112. The third-order valence-corrected chi connectivity index (χ3v) is 2.21. The Morgan fingerprint density at radius 3 is 2.78 bits per heavy atom. The molecule has 4 heteroatoms. The Morgan fingerprint density at radius 2 is 2.11 bits per heavy atom. The summed E-state index contributed by atoms with van der Waals surface area (Å²) in [5.74, 6) is 0. The van der Waals surface area contributed by atoms with Crippen LogP contribution >= 0.6 is 0 Å². The highest BCUT2D eigenvalue weighted by molar-refractivity contribution is 5.98. The van der Waals surface area contributed by atoms with Gasteiger partial charge in [-0.05, 0) is 12.5 Å². The molecule has 0 saturated carbocycles. The van der Waals surface area contributed by atoms with E-state index in [0.717, 1.165) is 11.3 Å². The van der Waals surface area contributed by atoms with Gasteiger partial charge in [-0.1, -0.05) is 41.6 Å². The molecule has 0 radical (unpaired) electrons. The maximum absolute atomic E-state index is 9.51. The van der Waals surface area contributed by atoms with Crippen LogP contribution in [0.1, 0.15) is 12.5 Å². The van der Waals surface area contributed by atoms with E-state index in [9.17, 15) is 5.11 Å². The summed E-state index contributed by atoms with van der Waals surface area (Å²) in [5.41, 5.74) is 1.77. The average molecular weight is 249 g/mol. The Kier molecular flexibility index (Phi) is 6.76. The average Bonchev–Trinajstić information content (AvgIpc) is 2.40. The highest BCUT2D eigenvalue weighted by Crippen LogP contribution is 2.01. The lowest BCUT2D eigenvalue weighted by Gasteiger charge is -2.09. The predicted octanol–water partition coefficient (Wildman–Crippen LogP) is 1.99. The van der Waals surface area contributed by atoms with Gasteiger partial charge >= 0.3 is 0 Å². The summed E-state index contributed by atoms with van der Waals surface area (Å²) in [6, 6.07) is 9.72. The molecule has 1 aromatic rings. The summed E-state index contributed by atoms with van der Waals surface area (Å²) in [4.78, 5) is 5.07. The molecule has 0 saturated heterocycles. The Hall–Kier alpha value is -1.65. The van der Waals surface area contributed by atoms with Gasteiger partial charge in [0, 0.05) is 0 Å². The fourth-order valence-electron chi connectivity index (χ4n) is 1.29. The monoisotopic (exact) mass is 249 g/mol. The Balaban J connectivity index is 2.29. The lowest BCUT2D eigenvalue weighted by Crippen LogP contribution is -2.20. The van der Waals surface area contributed by atoms with E-state index in [1.165, 1.54) is 0 Å². The first-order valence-electron chi connectivity index (χ1n) is 5.82. The summed E-state index contributed by atoms with van der Waals surface area (Å²) in [6.07, 6.45) is 0.947. The van der Waals surface area contributed by atoms with E-state index in [2.05, 4.69) is 11.7 Å². The van der Waals surface area contributed by atoms with Gasteiger partial charge in [0.15, 0.2) is 0 Å². The van der Waals surface area contributed by atoms with E-state index in [0.29, 0.717) is 6.61 Å². The number of hydrogen-bond acceptors (Lipinski definition) is 4. The first kappa shape index (κ1) is 14.4. The second kappa shape index (κ2) is 8.44. The van der Waals surface area contributed by atoms with Gasteiger partial charge < -0.3 is 14.7 Å². The number of oxime groups is 1. The minimum Gasteiger partial charge on any atom is -0.393 e. The van der Waals surface area contributed by atoms with Crippen LogP contribution in [0.4, 0.5) is 0 Å². The molecule has 0 aromatic heterocycles. The lowest BCUT2D eigenvalue weighted by atomic mass is 10.1. The standard InChI is InChI=1S/C14H19NO3/c1-3-9-17-10-14(16)11-18-15-12(2)13-7-5-4-6-8-13/h3-8,14,16H,1,9-11H2,2H3/b15-12+. The van der Waals surface area contributed by atoms with Gasteiger partial charge in [0.05, 0.1) is 18.9 Å². The van der Waals surface area contributed by atoms with E-state index in [1.54, 1.807) is 6.08 Å². The number of nitrogens with zero attached hydrogens (tertiary/aromatic N) is 1. The molecule has 1 unspecified atom stereocenters. The van der Waals surface area contributed by atoms with Crippen molar-refractivity contribution in [1.29, 1.82) is 0 Å². The maximum atomic E-state index is 9.51. The molecule has 0 spiro atoms. The fourth-order valence-corrected chi connectivity index (χ4v) is 1.29. The Bertz CT molecular complexity index is 376. The van der Waals surface area contributed by atoms with E-state index < -0.39 is 6.10 Å². The van der Waals surface area contributed by atoms with Gasteiger partial charge in [-0.3, -0.25) is 0 Å². The van der Waals surface area contributed by atoms with Crippen LogP contribution < -0.4 is 0 Å². The zero-order valence-corrected chi connectivity index (χ0v) is 10.6. The molecule has 1 atom stereocenters. The highest BCUT2D eigenvalue weighted by atomic mass is 16.6. The van der Waals surface area contributed by atoms with Crippen molar-refractivity contribution in [3.63, 3.8) is 0 Å². The topological polar surface area (TPSA) is 51.0 Å². The van der Waals surface area contributed by atoms with Gasteiger partial charge in [-0.25, -0.2) is 0 Å². The molecule has 1 N–H and O–H groups in total. The molecule has 4 nitrogen and oxygen atoms in total. The van der Waals surface area contributed by atoms with Gasteiger partial charge in [0.25, 0.3) is 0 Å². The maximum Gasteiger partial charge on any atom is 0.145 e. The van der Waals surface area contributed by atoms with Crippen molar-refractivity contribution >= 4 is 5.71 Å². The summed E-state index contributed by atoms with van der Waals surface area (Å²) in [7, 11) is 0. The van der Waals surface area contributed by atoms with Crippen LogP contribution in [0.2, 0.25) is 0 Å². The molecule has 0 amide bonds. The highest BCUT2D eigenvalue weighted by Gasteiger charge is 2.04. The molecule has 0 aliphatic carbocycles. The van der Waals surface area contributed by atoms with Crippen LogP contribution in [-0.2, 0) is 9.57 Å². The van der Waals surface area contributed by atoms with E-state index in [4.69, 9.17) is 9.57 Å². The van der Waals surface area contributed by atoms with Crippen LogP contribution in [0, 0.1) is 0 Å². The summed E-state index contributed by atoms with van der Waals surface area (Å²) < 4.78 is 5.09. The van der Waals surface area contributed by atoms with E-state index in [1.807, 2.05) is 37.3 Å². The van der Waals surface area contributed by atoms with Crippen molar-refractivity contribution < 1.29 is 14.7 Å². The molecule has 0 aliphatic heterocycles. The molecule has 0 heterocycles. The molecular formula is C14H19NO3. The van der Waals surface area contributed by atoms with Gasteiger partial charge in [-0.2, -0.15) is 0 Å². The van der Waals surface area contributed by atoms with Crippen molar-refractivity contribution in [3.05, 3.63) is 48.6 Å². The van der Waals surface area contributed by atoms with Crippen molar-refractivity contribution in [2.75, 3.05) is 19.8 Å². The number of aliphatic hydroxyl groups is 1. The normalized spacial score (nSPS) is 13.1. The van der Waals surface area contributed by atoms with Crippen LogP contribution in [0.25, 0.3) is 0 Å². The molecule has 0 bridgehead atoms. The lowest BCUT2D eigenvalue weighted by molar-refractivity contribution is -0.0115. The zero-order chi connectivity index (χ0) is 13.2. The zero-order valence-electron chi connectivity index (χ0n) is 10.6. The largest absolute Gasteiger partial charge is 0.393 e. The third kappa shape index (κ3) is 5.61. The van der Waals surface area contributed by atoms with Crippen molar-refractivity contribution in [2.45, 2.75) is 13.0 Å². The summed E-state index contributed by atoms with van der Waals surface area (Å²) >= 11 is 0. The minimum atomic E-state index is -0.683. The quantitative estimate of drug-likeness (QED) is 0.332. The second-order valence-corrected chi connectivity index (χ2v) is 3.82. The van der Waals surface area contributed by atoms with Gasteiger partial charge in [0.1, 0.15) is 12.7 Å². The smallest absolute Gasteiger partial charge is 0.145 e. The van der Waals surface area contributed by atoms with Crippen LogP contribution in [-0.4, -0.2) is 36.7 Å². The van der Waals surface area contributed by atoms with Crippen molar-refractivity contribution in [1.82, 2.24) is 0 Å². The summed E-state index contributed by atoms with van der Waals surface area (Å²) in [6.45, 7) is 6.12. The van der Waals surface area contributed by atoms with Crippen LogP contribution in [0.15, 0.2) is 48.1 Å². The van der Waals surface area contributed by atoms with Crippen molar-refractivity contribution in [3.8, 4) is 0 Å². The first-order valence-corrected chi connectivity index (χ1v) is 5.82. The van der Waals surface area contributed by atoms with Crippen LogP contribution in [0.3, 0.4) is 0 Å². The number of ether oxygens (including phenoxy) is 1. The molecule has 0 aliphatic rings. The predicted molar refractivity (Wildman–Crippen MR) is 71.6 cm³/mol. The fraction of sp³-hybridized carbons (Fsp3) is 0.357. The molecular weight excluding hydrogens is 230 g/mol. The molecule has 0 fully saturated rings. The third-order valence-electron chi connectivity index (χ3n) is 2.21. The number of hydrogen-bond donors (Lipinski definition) is 1. The number of benzene rings is 1. The second-order valence-electron chi connectivity index (χ2n) is 3.82. The molecule has 1 rings (SSSR count). The Morgan fingerprint density at radius 1 is 1.39 bits per heavy atom. The van der Waals surface area contributed by atoms with E-state index in [-0.39, 0.29) is 13.2 Å². The molecule has 98 valence electrons. The first-order chi connectivity index (χ1) is 8.74. The van der Waals surface area contributed by atoms with Gasteiger partial charge in [-0.15, -0.1) is 6.58 Å². The summed E-state index contributed by atoms with van der Waals surface area (Å²) in [5, 5.41) is 13.4. The Labute approximate surface area is 108 Å². The SMILES string of the molecule is C=CCOCC(O)CO/N=C(\C)c1ccccc1. The number of aliphatic hydroxyl groups excluding tert-OH is 1.